The monoisotopic (exact) mass is 480 g/mol. The fourth-order valence-corrected chi connectivity index (χ4v) is 1.78. The van der Waals surface area contributed by atoms with Crippen LogP contribution in [-0.4, -0.2) is 73.2 Å². The van der Waals surface area contributed by atoms with Crippen molar-refractivity contribution in [3.63, 3.8) is 0 Å². The predicted molar refractivity (Wildman–Crippen MR) is 64.3 cm³/mol. The van der Waals surface area contributed by atoms with Crippen LogP contribution in [0.5, 0.6) is 0 Å². The first-order chi connectivity index (χ1) is 13.0. The van der Waals surface area contributed by atoms with E-state index in [1.165, 1.54) is 0 Å². The smallest absolute Gasteiger partial charge is 0.460 e. The Morgan fingerprint density at radius 3 is 1.20 bits per heavy atom. The zero-order valence-electron chi connectivity index (χ0n) is 14.1. The summed E-state index contributed by atoms with van der Waals surface area (Å²) in [7, 11) is 0.571. The van der Waals surface area contributed by atoms with E-state index < -0.39 is 59.7 Å². The third-order valence-electron chi connectivity index (χ3n) is 3.56. The van der Waals surface area contributed by atoms with E-state index >= 15 is 0 Å². The minimum atomic E-state index is -8.20. The first-order valence-electron chi connectivity index (χ1n) is 6.80. The number of ether oxygens (including phenoxy) is 2. The summed E-state index contributed by atoms with van der Waals surface area (Å²) in [6.07, 6.45) is -12.3. The zero-order valence-corrected chi connectivity index (χ0v) is 14.1. The van der Waals surface area contributed by atoms with Gasteiger partial charge >= 0.3 is 47.7 Å². The molecule has 0 aromatic heterocycles. The molecule has 0 saturated heterocycles. The van der Waals surface area contributed by atoms with Gasteiger partial charge in [-0.3, -0.25) is 9.59 Å². The second-order valence-electron chi connectivity index (χ2n) is 5.39. The molecule has 0 aromatic carbocycles. The Bertz CT molecular complexity index is 641. The van der Waals surface area contributed by atoms with Crippen molar-refractivity contribution < 1.29 is 81.2 Å². The lowest BCUT2D eigenvalue weighted by Crippen LogP contribution is -2.72. The van der Waals surface area contributed by atoms with Crippen molar-refractivity contribution in [2.75, 3.05) is 14.2 Å². The van der Waals surface area contributed by atoms with Crippen molar-refractivity contribution >= 4 is 11.9 Å². The molecule has 0 spiro atoms. The van der Waals surface area contributed by atoms with Gasteiger partial charge in [-0.05, 0) is 0 Å². The molecule has 18 heteroatoms. The Hall–Kier alpha value is -2.01. The molecule has 0 fully saturated rings. The molecular formula is C12H9F13O5. The van der Waals surface area contributed by atoms with Gasteiger partial charge in [0.05, 0.1) is 14.2 Å². The van der Waals surface area contributed by atoms with E-state index in [9.17, 15) is 66.7 Å². The van der Waals surface area contributed by atoms with Gasteiger partial charge in [0.2, 0.25) is 0 Å². The minimum Gasteiger partial charge on any atom is -0.468 e. The van der Waals surface area contributed by atoms with Crippen LogP contribution in [-0.2, 0) is 19.1 Å². The number of alkyl halides is 13. The summed E-state index contributed by atoms with van der Waals surface area (Å²) in [5.74, 6) is -47.7. The molecule has 30 heavy (non-hydrogen) atoms. The van der Waals surface area contributed by atoms with Crippen LogP contribution in [0.1, 0.15) is 0 Å². The molecule has 1 atom stereocenters. The second-order valence-corrected chi connectivity index (χ2v) is 5.39. The van der Waals surface area contributed by atoms with Gasteiger partial charge in [0.1, 0.15) is 6.10 Å². The quantitative estimate of drug-likeness (QED) is 0.329. The Kier molecular flexibility index (Phi) is 7.39. The van der Waals surface area contributed by atoms with Gasteiger partial charge < -0.3 is 14.6 Å². The Labute approximate surface area is 156 Å². The van der Waals surface area contributed by atoms with E-state index in [2.05, 4.69) is 9.47 Å². The fraction of sp³-hybridized carbons (Fsp3) is 0.833. The summed E-state index contributed by atoms with van der Waals surface area (Å²) in [5.41, 5.74) is 0. The third-order valence-corrected chi connectivity index (χ3v) is 3.56. The second kappa shape index (κ2) is 7.92. The average Bonchev–Trinajstić information content (AvgIpc) is 2.59. The van der Waals surface area contributed by atoms with Gasteiger partial charge in [0.15, 0.2) is 5.92 Å². The number of halogens is 13. The van der Waals surface area contributed by atoms with Crippen LogP contribution in [0.25, 0.3) is 0 Å². The Morgan fingerprint density at radius 2 is 0.933 bits per heavy atom. The van der Waals surface area contributed by atoms with Gasteiger partial charge in [-0.15, -0.1) is 0 Å². The number of aliphatic hydroxyl groups is 1. The van der Waals surface area contributed by atoms with E-state index in [-0.39, 0.29) is 14.2 Å². The summed E-state index contributed by atoms with van der Waals surface area (Å²) in [4.78, 5) is 22.4. The van der Waals surface area contributed by atoms with Crippen LogP contribution < -0.4 is 0 Å². The average molecular weight is 480 g/mol. The van der Waals surface area contributed by atoms with E-state index in [0.717, 1.165) is 0 Å². The van der Waals surface area contributed by atoms with Crippen LogP contribution in [0.3, 0.4) is 0 Å². The largest absolute Gasteiger partial charge is 0.468 e. The summed E-state index contributed by atoms with van der Waals surface area (Å²) in [6, 6.07) is 0. The van der Waals surface area contributed by atoms with E-state index in [1.54, 1.807) is 0 Å². The highest BCUT2D eigenvalue weighted by molar-refractivity contribution is 5.95. The van der Waals surface area contributed by atoms with Crippen molar-refractivity contribution in [1.82, 2.24) is 0 Å². The number of hydrogen-bond acceptors (Lipinski definition) is 5. The van der Waals surface area contributed by atoms with Crippen LogP contribution in [0, 0.1) is 5.92 Å². The topological polar surface area (TPSA) is 72.8 Å². The van der Waals surface area contributed by atoms with Gasteiger partial charge in [-0.1, -0.05) is 0 Å². The van der Waals surface area contributed by atoms with Crippen LogP contribution in [0.4, 0.5) is 57.1 Å². The van der Waals surface area contributed by atoms with Crippen molar-refractivity contribution in [1.29, 1.82) is 0 Å². The number of aliphatic hydroxyl groups excluding tert-OH is 1. The third kappa shape index (κ3) is 3.84. The molecule has 0 heterocycles. The number of carbonyl (C=O) groups excluding carboxylic acids is 2. The Morgan fingerprint density at radius 1 is 0.633 bits per heavy atom. The number of esters is 2. The first-order valence-corrected chi connectivity index (χ1v) is 6.80. The Balaban J connectivity index is 6.61. The molecule has 0 aromatic rings. The van der Waals surface area contributed by atoms with E-state index in [4.69, 9.17) is 5.11 Å². The van der Waals surface area contributed by atoms with Crippen molar-refractivity contribution in [2.45, 2.75) is 41.9 Å². The van der Waals surface area contributed by atoms with Crippen LogP contribution in [0.2, 0.25) is 0 Å². The van der Waals surface area contributed by atoms with Crippen molar-refractivity contribution in [3.05, 3.63) is 0 Å². The van der Waals surface area contributed by atoms with Gasteiger partial charge in [0, 0.05) is 0 Å². The standard InChI is InChI=1S/C12H9F13O5/c1-29-5(27)3(6(28)30-2)4(26)7(13,14)8(15,16)9(17,18)10(19,20)11(21,22)12(23,24)25/h3-4,26H,1-2H3. The number of carbonyl (C=O) groups is 2. The fourth-order valence-electron chi connectivity index (χ4n) is 1.78. The molecule has 0 rings (SSSR count). The van der Waals surface area contributed by atoms with Crippen molar-refractivity contribution in [2.24, 2.45) is 5.92 Å². The first kappa shape index (κ1) is 28.0. The van der Waals surface area contributed by atoms with Crippen LogP contribution >= 0.6 is 0 Å². The number of rotatable bonds is 8. The summed E-state index contributed by atoms with van der Waals surface area (Å²) >= 11 is 0. The SMILES string of the molecule is COC(=O)C(C(=O)OC)C(O)C(F)(F)C(F)(F)C(F)(F)C(F)(F)C(F)(F)C(F)(F)F. The number of hydrogen-bond donors (Lipinski definition) is 1. The highest BCUT2D eigenvalue weighted by atomic mass is 19.4. The maximum atomic E-state index is 13.8. The van der Waals surface area contributed by atoms with Gasteiger partial charge in [0.25, 0.3) is 0 Å². The molecule has 0 amide bonds. The predicted octanol–water partition coefficient (Wildman–Crippen LogP) is 3.05. The summed E-state index contributed by atoms with van der Waals surface area (Å²) in [6.45, 7) is 0. The summed E-state index contributed by atoms with van der Waals surface area (Å²) in [5, 5.41) is 9.15. The maximum Gasteiger partial charge on any atom is 0.460 e. The van der Waals surface area contributed by atoms with Crippen LogP contribution in [0.15, 0.2) is 0 Å². The zero-order chi connectivity index (χ0) is 24.7. The molecule has 0 aliphatic rings. The highest BCUT2D eigenvalue weighted by Crippen LogP contribution is 2.61. The maximum absolute atomic E-state index is 13.8. The molecule has 1 unspecified atom stereocenters. The van der Waals surface area contributed by atoms with E-state index in [0.29, 0.717) is 0 Å². The normalized spacial score (nSPS) is 15.8. The summed E-state index contributed by atoms with van der Waals surface area (Å²) < 4.78 is 176. The highest BCUT2D eigenvalue weighted by Gasteiger charge is 2.91. The molecule has 1 N–H and O–H groups in total. The molecule has 0 bridgehead atoms. The minimum absolute atomic E-state index is 0.286. The molecule has 5 nitrogen and oxygen atoms in total. The molecule has 0 radical (unpaired) electrons. The lowest BCUT2D eigenvalue weighted by Gasteiger charge is -2.41. The molecule has 0 aliphatic carbocycles. The van der Waals surface area contributed by atoms with Gasteiger partial charge in [-0.2, -0.15) is 57.1 Å². The lowest BCUT2D eigenvalue weighted by atomic mass is 9.87. The van der Waals surface area contributed by atoms with Crippen molar-refractivity contribution in [3.8, 4) is 0 Å². The van der Waals surface area contributed by atoms with E-state index in [1.807, 2.05) is 0 Å². The molecule has 0 saturated carbocycles. The number of methoxy groups -OCH3 is 2. The molecule has 0 aliphatic heterocycles. The molecular weight excluding hydrogens is 471 g/mol. The molecule has 178 valence electrons. The lowest BCUT2D eigenvalue weighted by molar-refractivity contribution is -0.444. The van der Waals surface area contributed by atoms with Gasteiger partial charge in [-0.25, -0.2) is 0 Å².